The van der Waals surface area contributed by atoms with E-state index in [4.69, 9.17) is 4.42 Å². The molecule has 0 saturated carbocycles. The van der Waals surface area contributed by atoms with Crippen LogP contribution in [-0.2, 0) is 6.54 Å². The predicted molar refractivity (Wildman–Crippen MR) is 83.4 cm³/mol. The van der Waals surface area contributed by atoms with Crippen LogP contribution >= 0.6 is 0 Å². The maximum Gasteiger partial charge on any atom is 0.255 e. The first-order valence-corrected chi connectivity index (χ1v) is 7.08. The number of furan rings is 1. The molecule has 2 aromatic heterocycles. The molecule has 0 spiro atoms. The van der Waals surface area contributed by atoms with Crippen molar-refractivity contribution in [3.05, 3.63) is 65.0 Å². The van der Waals surface area contributed by atoms with E-state index in [-0.39, 0.29) is 5.91 Å². The number of amides is 1. The number of aryl methyl sites for hydroxylation is 2. The third kappa shape index (κ3) is 2.65. The molecule has 0 fully saturated rings. The SMILES string of the molecule is Cc1ccccc1CNC(=O)c1c(-c2ccco2)n[nH]c1C. The molecule has 112 valence electrons. The molecule has 0 unspecified atom stereocenters. The number of hydrogen-bond donors (Lipinski definition) is 2. The van der Waals surface area contributed by atoms with Crippen LogP contribution in [-0.4, -0.2) is 16.1 Å². The summed E-state index contributed by atoms with van der Waals surface area (Å²) in [5, 5.41) is 9.96. The minimum Gasteiger partial charge on any atom is -0.463 e. The number of carbonyl (C=O) groups is 1. The Morgan fingerprint density at radius 3 is 2.77 bits per heavy atom. The van der Waals surface area contributed by atoms with E-state index < -0.39 is 0 Å². The zero-order chi connectivity index (χ0) is 15.5. The van der Waals surface area contributed by atoms with Crippen molar-refractivity contribution in [2.24, 2.45) is 0 Å². The standard InChI is InChI=1S/C17H17N3O2/c1-11-6-3-4-7-13(11)10-18-17(21)15-12(2)19-20-16(15)14-8-5-9-22-14/h3-9H,10H2,1-2H3,(H,18,21)(H,19,20). The highest BCUT2D eigenvalue weighted by Crippen LogP contribution is 2.24. The molecule has 2 heterocycles. The number of nitrogens with zero attached hydrogens (tertiary/aromatic N) is 1. The third-order valence-corrected chi connectivity index (χ3v) is 3.63. The average molecular weight is 295 g/mol. The second-order valence-corrected chi connectivity index (χ2v) is 5.16. The highest BCUT2D eigenvalue weighted by molar-refractivity contribution is 6.00. The number of H-pyrrole nitrogens is 1. The Labute approximate surface area is 128 Å². The Kier molecular flexibility index (Phi) is 3.78. The Hall–Kier alpha value is -2.82. The van der Waals surface area contributed by atoms with E-state index >= 15 is 0 Å². The van der Waals surface area contributed by atoms with E-state index in [1.165, 1.54) is 0 Å². The summed E-state index contributed by atoms with van der Waals surface area (Å²) >= 11 is 0. The van der Waals surface area contributed by atoms with E-state index in [1.807, 2.05) is 38.1 Å². The minimum atomic E-state index is -0.166. The molecular formula is C17H17N3O2. The van der Waals surface area contributed by atoms with Crippen LogP contribution in [0.3, 0.4) is 0 Å². The summed E-state index contributed by atoms with van der Waals surface area (Å²) in [7, 11) is 0. The van der Waals surface area contributed by atoms with E-state index in [9.17, 15) is 4.79 Å². The molecule has 0 aliphatic rings. The largest absolute Gasteiger partial charge is 0.463 e. The first-order chi connectivity index (χ1) is 10.7. The molecule has 0 atom stereocenters. The first-order valence-electron chi connectivity index (χ1n) is 7.08. The van der Waals surface area contributed by atoms with E-state index in [0.29, 0.717) is 29.3 Å². The van der Waals surface area contributed by atoms with Crippen LogP contribution in [0, 0.1) is 13.8 Å². The number of rotatable bonds is 4. The fourth-order valence-electron chi connectivity index (χ4n) is 2.37. The quantitative estimate of drug-likeness (QED) is 0.776. The number of carbonyl (C=O) groups excluding carboxylic acids is 1. The van der Waals surface area contributed by atoms with Gasteiger partial charge in [0.05, 0.1) is 11.8 Å². The van der Waals surface area contributed by atoms with Gasteiger partial charge in [-0.3, -0.25) is 9.89 Å². The van der Waals surface area contributed by atoms with Crippen molar-refractivity contribution in [3.63, 3.8) is 0 Å². The maximum absolute atomic E-state index is 12.5. The summed E-state index contributed by atoms with van der Waals surface area (Å²) in [5.41, 5.74) is 4.01. The van der Waals surface area contributed by atoms with Gasteiger partial charge in [-0.15, -0.1) is 0 Å². The fourth-order valence-corrected chi connectivity index (χ4v) is 2.37. The first kappa shape index (κ1) is 14.1. The van der Waals surface area contributed by atoms with Gasteiger partial charge in [-0.1, -0.05) is 24.3 Å². The van der Waals surface area contributed by atoms with E-state index in [1.54, 1.807) is 18.4 Å². The Morgan fingerprint density at radius 1 is 1.23 bits per heavy atom. The smallest absolute Gasteiger partial charge is 0.255 e. The lowest BCUT2D eigenvalue weighted by molar-refractivity contribution is 0.0951. The molecule has 3 rings (SSSR count). The second-order valence-electron chi connectivity index (χ2n) is 5.16. The van der Waals surface area contributed by atoms with Crippen molar-refractivity contribution >= 4 is 5.91 Å². The number of hydrogen-bond acceptors (Lipinski definition) is 3. The molecule has 0 saturated heterocycles. The van der Waals surface area contributed by atoms with E-state index in [2.05, 4.69) is 15.5 Å². The fraction of sp³-hybridized carbons (Fsp3) is 0.176. The van der Waals surface area contributed by atoms with Gasteiger partial charge in [0.2, 0.25) is 0 Å². The van der Waals surface area contributed by atoms with Crippen molar-refractivity contribution < 1.29 is 9.21 Å². The molecule has 5 heteroatoms. The molecule has 5 nitrogen and oxygen atoms in total. The van der Waals surface area contributed by atoms with Crippen LogP contribution in [0.5, 0.6) is 0 Å². The van der Waals surface area contributed by atoms with Crippen molar-refractivity contribution in [2.45, 2.75) is 20.4 Å². The van der Waals surface area contributed by atoms with Crippen LogP contribution in [0.2, 0.25) is 0 Å². The van der Waals surface area contributed by atoms with Crippen molar-refractivity contribution in [3.8, 4) is 11.5 Å². The van der Waals surface area contributed by atoms with Gasteiger partial charge in [0.15, 0.2) is 5.76 Å². The molecule has 3 aromatic rings. The van der Waals surface area contributed by atoms with Gasteiger partial charge >= 0.3 is 0 Å². The zero-order valence-corrected chi connectivity index (χ0v) is 12.5. The Bertz CT molecular complexity index is 788. The summed E-state index contributed by atoms with van der Waals surface area (Å²) in [4.78, 5) is 12.5. The van der Waals surface area contributed by atoms with Crippen LogP contribution < -0.4 is 5.32 Å². The highest BCUT2D eigenvalue weighted by atomic mass is 16.3. The lowest BCUT2D eigenvalue weighted by atomic mass is 10.1. The predicted octanol–water partition coefficient (Wildman–Crippen LogP) is 3.22. The molecule has 2 N–H and O–H groups in total. The van der Waals surface area contributed by atoms with Crippen molar-refractivity contribution in [2.75, 3.05) is 0 Å². The number of aromatic amines is 1. The van der Waals surface area contributed by atoms with Crippen molar-refractivity contribution in [1.82, 2.24) is 15.5 Å². The number of benzene rings is 1. The zero-order valence-electron chi connectivity index (χ0n) is 12.5. The third-order valence-electron chi connectivity index (χ3n) is 3.63. The number of aromatic nitrogens is 2. The molecule has 0 aliphatic heterocycles. The summed E-state index contributed by atoms with van der Waals surface area (Å²) < 4.78 is 5.34. The van der Waals surface area contributed by atoms with Gasteiger partial charge < -0.3 is 9.73 Å². The van der Waals surface area contributed by atoms with Gasteiger partial charge in [0.1, 0.15) is 5.69 Å². The topological polar surface area (TPSA) is 70.9 Å². The molecule has 0 bridgehead atoms. The van der Waals surface area contributed by atoms with Gasteiger partial charge in [-0.2, -0.15) is 5.10 Å². The lowest BCUT2D eigenvalue weighted by Crippen LogP contribution is -2.24. The summed E-state index contributed by atoms with van der Waals surface area (Å²) in [6, 6.07) is 11.5. The lowest BCUT2D eigenvalue weighted by Gasteiger charge is -2.08. The Balaban J connectivity index is 1.81. The molecule has 1 amide bonds. The van der Waals surface area contributed by atoms with Crippen LogP contribution in [0.25, 0.3) is 11.5 Å². The highest BCUT2D eigenvalue weighted by Gasteiger charge is 2.20. The van der Waals surface area contributed by atoms with Gasteiger partial charge in [0.25, 0.3) is 5.91 Å². The monoisotopic (exact) mass is 295 g/mol. The van der Waals surface area contributed by atoms with Crippen LogP contribution in [0.15, 0.2) is 47.1 Å². The minimum absolute atomic E-state index is 0.166. The molecule has 1 aromatic carbocycles. The van der Waals surface area contributed by atoms with Crippen LogP contribution in [0.1, 0.15) is 27.2 Å². The molecule has 0 aliphatic carbocycles. The van der Waals surface area contributed by atoms with Crippen LogP contribution in [0.4, 0.5) is 0 Å². The maximum atomic E-state index is 12.5. The van der Waals surface area contributed by atoms with Gasteiger partial charge in [-0.25, -0.2) is 0 Å². The van der Waals surface area contributed by atoms with Gasteiger partial charge in [-0.05, 0) is 37.1 Å². The van der Waals surface area contributed by atoms with Gasteiger partial charge in [0, 0.05) is 12.2 Å². The summed E-state index contributed by atoms with van der Waals surface area (Å²) in [6.07, 6.45) is 1.56. The molecular weight excluding hydrogens is 278 g/mol. The number of nitrogens with one attached hydrogen (secondary N) is 2. The summed E-state index contributed by atoms with van der Waals surface area (Å²) in [5.74, 6) is 0.409. The molecule has 22 heavy (non-hydrogen) atoms. The summed E-state index contributed by atoms with van der Waals surface area (Å²) in [6.45, 7) is 4.33. The average Bonchev–Trinajstić information content (AvgIpc) is 3.15. The normalized spacial score (nSPS) is 10.6. The van der Waals surface area contributed by atoms with E-state index in [0.717, 1.165) is 11.1 Å². The Morgan fingerprint density at radius 2 is 2.05 bits per heavy atom. The molecule has 0 radical (unpaired) electrons. The van der Waals surface area contributed by atoms with Crippen molar-refractivity contribution in [1.29, 1.82) is 0 Å². The second kappa shape index (κ2) is 5.89.